The van der Waals surface area contributed by atoms with Gasteiger partial charge in [0.1, 0.15) is 0 Å². The van der Waals surface area contributed by atoms with Gasteiger partial charge in [-0.2, -0.15) is 0 Å². The van der Waals surface area contributed by atoms with E-state index in [1.807, 2.05) is 0 Å². The highest BCUT2D eigenvalue weighted by atomic mass is 17.1. The molecule has 0 amide bonds. The lowest BCUT2D eigenvalue weighted by Crippen LogP contribution is -2.44. The lowest BCUT2D eigenvalue weighted by molar-refractivity contribution is -0.256. The second-order valence-electron chi connectivity index (χ2n) is 12.8. The summed E-state index contributed by atoms with van der Waals surface area (Å²) in [6, 6.07) is 0. The molecule has 0 aromatic rings. The van der Waals surface area contributed by atoms with E-state index in [4.69, 9.17) is 4.89 Å². The second-order valence-corrected chi connectivity index (χ2v) is 12.8. The van der Waals surface area contributed by atoms with E-state index in [1.165, 1.54) is 64.2 Å². The Morgan fingerprint density at radius 1 is 1.03 bits per heavy atom. The zero-order valence-corrected chi connectivity index (χ0v) is 20.5. The molecule has 4 fully saturated rings. The van der Waals surface area contributed by atoms with Crippen molar-refractivity contribution < 1.29 is 10.1 Å². The fourth-order valence-corrected chi connectivity index (χ4v) is 9.94. The number of allylic oxidation sites excluding steroid dienone is 1. The smallest absolute Gasteiger partial charge is 0.0856 e. The molecule has 2 nitrogen and oxygen atoms in total. The Hall–Kier alpha value is -0.340. The van der Waals surface area contributed by atoms with Crippen LogP contribution >= 0.6 is 0 Å². The van der Waals surface area contributed by atoms with Crippen molar-refractivity contribution in [3.05, 3.63) is 12.7 Å². The predicted molar refractivity (Wildman–Crippen MR) is 125 cm³/mol. The molecule has 1 N–H and O–H groups in total. The third-order valence-corrected chi connectivity index (χ3v) is 11.5. The van der Waals surface area contributed by atoms with Crippen molar-refractivity contribution in [1.29, 1.82) is 0 Å². The van der Waals surface area contributed by atoms with Crippen LogP contribution in [0.25, 0.3) is 0 Å². The molecule has 4 aliphatic rings. The highest BCUT2D eigenvalue weighted by Gasteiger charge is 2.69. The topological polar surface area (TPSA) is 29.5 Å². The van der Waals surface area contributed by atoms with Gasteiger partial charge in [-0.25, -0.2) is 4.89 Å². The summed E-state index contributed by atoms with van der Waals surface area (Å²) in [7, 11) is 0. The van der Waals surface area contributed by atoms with E-state index in [-0.39, 0.29) is 5.41 Å². The maximum absolute atomic E-state index is 9.26. The van der Waals surface area contributed by atoms with Crippen molar-refractivity contribution >= 4 is 0 Å². The molecule has 30 heavy (non-hydrogen) atoms. The van der Waals surface area contributed by atoms with E-state index in [2.05, 4.69) is 47.3 Å². The minimum atomic E-state index is 0.164. The normalized spacial score (nSPS) is 48.4. The molecule has 0 radical (unpaired) electrons. The van der Waals surface area contributed by atoms with Crippen molar-refractivity contribution in [1.82, 2.24) is 0 Å². The van der Waals surface area contributed by atoms with E-state index >= 15 is 0 Å². The number of hydrogen-bond acceptors (Lipinski definition) is 2. The molecule has 0 aromatic carbocycles. The molecule has 172 valence electrons. The van der Waals surface area contributed by atoms with Gasteiger partial charge < -0.3 is 0 Å². The van der Waals surface area contributed by atoms with Crippen LogP contribution in [0.4, 0.5) is 0 Å². The van der Waals surface area contributed by atoms with Gasteiger partial charge in [-0.05, 0) is 103 Å². The van der Waals surface area contributed by atoms with Crippen LogP contribution in [0.1, 0.15) is 98.8 Å². The molecule has 4 rings (SSSR count). The Balaban J connectivity index is 1.54. The predicted octanol–water partition coefficient (Wildman–Crippen LogP) is 7.99. The molecule has 0 unspecified atom stereocenters. The SMILES string of the molecule is C=C[C@]12C[C@H]3[C@@H]4CC[C@H]([C@H](C)CCCC(C)C)[C@@]4(C)CC[C@@H]3[C@@]1(C)CC[C@@H]2COO. The molecule has 9 atom stereocenters. The zero-order chi connectivity index (χ0) is 21.7. The third kappa shape index (κ3) is 3.18. The lowest BCUT2D eigenvalue weighted by atomic mass is 9.54. The molecule has 0 heterocycles. The fourth-order valence-electron chi connectivity index (χ4n) is 9.94. The third-order valence-electron chi connectivity index (χ3n) is 11.5. The summed E-state index contributed by atoms with van der Waals surface area (Å²) in [5, 5.41) is 9.26. The summed E-state index contributed by atoms with van der Waals surface area (Å²) in [4.78, 5) is 4.72. The molecular formula is C28H48O2. The fraction of sp³-hybridized carbons (Fsp3) is 0.929. The van der Waals surface area contributed by atoms with E-state index in [0.29, 0.717) is 23.4 Å². The number of fused-ring (bicyclic) bond motifs is 5. The number of hydrogen-bond donors (Lipinski definition) is 1. The molecule has 0 bridgehead atoms. The van der Waals surface area contributed by atoms with Crippen molar-refractivity contribution in [2.24, 2.45) is 57.7 Å². The van der Waals surface area contributed by atoms with Crippen LogP contribution in [0.15, 0.2) is 12.7 Å². The first-order valence-electron chi connectivity index (χ1n) is 13.1. The molecule has 4 saturated carbocycles. The first-order chi connectivity index (χ1) is 14.2. The standard InChI is InChI=1S/C28H48O2/c1-7-28-17-22-24-12-11-23(20(4)10-8-9-19(2)3)26(24,5)15-14-25(22)27(28,6)16-13-21(28)18-30-29/h7,19-25,29H,1,8-18H2,2-6H3/t20-,21-,22+,23-,24+,25+,26-,27-,28-/m1/s1. The summed E-state index contributed by atoms with van der Waals surface area (Å²) in [6.45, 7) is 17.4. The van der Waals surface area contributed by atoms with Crippen LogP contribution in [0.3, 0.4) is 0 Å². The number of rotatable bonds is 8. The second kappa shape index (κ2) is 8.22. The zero-order valence-electron chi connectivity index (χ0n) is 20.5. The van der Waals surface area contributed by atoms with E-state index in [0.717, 1.165) is 35.5 Å². The lowest BCUT2D eigenvalue weighted by Gasteiger charge is -2.51. The van der Waals surface area contributed by atoms with Gasteiger partial charge in [0.05, 0.1) is 6.61 Å². The average molecular weight is 417 g/mol. The van der Waals surface area contributed by atoms with Gasteiger partial charge in [-0.15, -0.1) is 6.58 Å². The van der Waals surface area contributed by atoms with Crippen LogP contribution in [-0.4, -0.2) is 11.9 Å². The van der Waals surface area contributed by atoms with Crippen LogP contribution in [0.5, 0.6) is 0 Å². The first kappa shape index (κ1) is 22.8. The Bertz CT molecular complexity index is 628. The van der Waals surface area contributed by atoms with Crippen molar-refractivity contribution in [2.45, 2.75) is 98.8 Å². The summed E-state index contributed by atoms with van der Waals surface area (Å²) in [5.74, 6) is 5.64. The van der Waals surface area contributed by atoms with Gasteiger partial charge in [0.15, 0.2) is 0 Å². The van der Waals surface area contributed by atoms with Crippen LogP contribution < -0.4 is 0 Å². The highest BCUT2D eigenvalue weighted by molar-refractivity contribution is 5.23. The van der Waals surface area contributed by atoms with E-state index in [1.54, 1.807) is 0 Å². The molecule has 0 saturated heterocycles. The van der Waals surface area contributed by atoms with Gasteiger partial charge in [-0.3, -0.25) is 5.26 Å². The Morgan fingerprint density at radius 2 is 1.80 bits per heavy atom. The Kier molecular flexibility index (Phi) is 6.26. The summed E-state index contributed by atoms with van der Waals surface area (Å²) in [6.07, 6.45) is 16.0. The summed E-state index contributed by atoms with van der Waals surface area (Å²) in [5.41, 5.74) is 1.06. The molecule has 4 aliphatic carbocycles. The average Bonchev–Trinajstić information content (AvgIpc) is 3.27. The first-order valence-corrected chi connectivity index (χ1v) is 13.1. The Labute approximate surface area is 186 Å². The maximum atomic E-state index is 9.26. The Morgan fingerprint density at radius 3 is 2.47 bits per heavy atom. The summed E-state index contributed by atoms with van der Waals surface area (Å²) >= 11 is 0. The molecular weight excluding hydrogens is 368 g/mol. The largest absolute Gasteiger partial charge is 0.252 e. The van der Waals surface area contributed by atoms with Crippen LogP contribution in [0.2, 0.25) is 0 Å². The van der Waals surface area contributed by atoms with Crippen LogP contribution in [-0.2, 0) is 4.89 Å². The monoisotopic (exact) mass is 416 g/mol. The minimum Gasteiger partial charge on any atom is -0.252 e. The van der Waals surface area contributed by atoms with Gasteiger partial charge in [0, 0.05) is 0 Å². The van der Waals surface area contributed by atoms with Crippen molar-refractivity contribution in [3.63, 3.8) is 0 Å². The minimum absolute atomic E-state index is 0.164. The molecule has 0 aliphatic heterocycles. The quantitative estimate of drug-likeness (QED) is 0.247. The molecule has 0 spiro atoms. The molecule has 2 heteroatoms. The van der Waals surface area contributed by atoms with E-state index < -0.39 is 0 Å². The maximum Gasteiger partial charge on any atom is 0.0856 e. The van der Waals surface area contributed by atoms with Crippen molar-refractivity contribution in [3.8, 4) is 0 Å². The van der Waals surface area contributed by atoms with Gasteiger partial charge in [-0.1, -0.05) is 60.0 Å². The van der Waals surface area contributed by atoms with Crippen molar-refractivity contribution in [2.75, 3.05) is 6.61 Å². The van der Waals surface area contributed by atoms with Gasteiger partial charge in [0.2, 0.25) is 0 Å². The highest BCUT2D eigenvalue weighted by Crippen LogP contribution is 2.76. The van der Waals surface area contributed by atoms with Crippen LogP contribution in [0, 0.1) is 57.7 Å². The van der Waals surface area contributed by atoms with E-state index in [9.17, 15) is 5.26 Å². The summed E-state index contributed by atoms with van der Waals surface area (Å²) < 4.78 is 0. The van der Waals surface area contributed by atoms with Gasteiger partial charge >= 0.3 is 0 Å². The molecule has 0 aromatic heterocycles. The van der Waals surface area contributed by atoms with Gasteiger partial charge in [0.25, 0.3) is 0 Å².